The lowest BCUT2D eigenvalue weighted by Gasteiger charge is -2.18. The normalized spacial score (nSPS) is 18.9. The molecule has 1 unspecified atom stereocenters. The number of rotatable bonds is 3. The van der Waals surface area contributed by atoms with Crippen LogP contribution in [0.5, 0.6) is 0 Å². The Labute approximate surface area is 154 Å². The SMILES string of the molecule is Cc1cc(C)cc(N2CC(C(=O)Nc3ccc4c(c3)CCC4)CC2=O)c1. The molecule has 2 amide bonds. The second-order valence-corrected chi connectivity index (χ2v) is 7.58. The maximum absolute atomic E-state index is 12.7. The second kappa shape index (κ2) is 6.60. The van der Waals surface area contributed by atoms with Gasteiger partial charge in [-0.1, -0.05) is 12.1 Å². The number of nitrogens with zero attached hydrogens (tertiary/aromatic N) is 1. The van der Waals surface area contributed by atoms with Crippen LogP contribution in [0.3, 0.4) is 0 Å². The fourth-order valence-electron chi connectivity index (χ4n) is 4.13. The van der Waals surface area contributed by atoms with Gasteiger partial charge in [0, 0.05) is 24.3 Å². The molecule has 2 aromatic rings. The van der Waals surface area contributed by atoms with E-state index in [1.165, 1.54) is 17.5 Å². The van der Waals surface area contributed by atoms with Gasteiger partial charge in [0.15, 0.2) is 0 Å². The molecule has 0 aromatic heterocycles. The molecule has 0 bridgehead atoms. The van der Waals surface area contributed by atoms with Crippen LogP contribution in [0.1, 0.15) is 35.1 Å². The summed E-state index contributed by atoms with van der Waals surface area (Å²) < 4.78 is 0. The van der Waals surface area contributed by atoms with Crippen molar-refractivity contribution in [2.45, 2.75) is 39.5 Å². The summed E-state index contributed by atoms with van der Waals surface area (Å²) in [6.07, 6.45) is 3.67. The van der Waals surface area contributed by atoms with Crippen LogP contribution in [-0.2, 0) is 22.4 Å². The van der Waals surface area contributed by atoms with Crippen molar-refractivity contribution in [1.29, 1.82) is 0 Å². The molecule has 4 nitrogen and oxygen atoms in total. The van der Waals surface area contributed by atoms with E-state index in [-0.39, 0.29) is 24.2 Å². The Kier molecular flexibility index (Phi) is 4.27. The van der Waals surface area contributed by atoms with Crippen LogP contribution in [0.25, 0.3) is 0 Å². The van der Waals surface area contributed by atoms with Gasteiger partial charge >= 0.3 is 0 Å². The quantitative estimate of drug-likeness (QED) is 0.917. The van der Waals surface area contributed by atoms with E-state index in [9.17, 15) is 9.59 Å². The number of benzene rings is 2. The third-order valence-corrected chi connectivity index (χ3v) is 5.38. The van der Waals surface area contributed by atoms with Gasteiger partial charge in [0.2, 0.25) is 11.8 Å². The first-order chi connectivity index (χ1) is 12.5. The van der Waals surface area contributed by atoms with E-state index in [0.717, 1.165) is 35.3 Å². The van der Waals surface area contributed by atoms with Gasteiger partial charge in [0.25, 0.3) is 0 Å². The van der Waals surface area contributed by atoms with Gasteiger partial charge in [0.05, 0.1) is 5.92 Å². The number of anilines is 2. The number of hydrogen-bond acceptors (Lipinski definition) is 2. The van der Waals surface area contributed by atoms with Crippen LogP contribution in [-0.4, -0.2) is 18.4 Å². The highest BCUT2D eigenvalue weighted by molar-refractivity contribution is 6.03. The minimum Gasteiger partial charge on any atom is -0.326 e. The molecule has 1 atom stereocenters. The zero-order valence-electron chi connectivity index (χ0n) is 15.3. The van der Waals surface area contributed by atoms with Crippen molar-refractivity contribution in [1.82, 2.24) is 0 Å². The van der Waals surface area contributed by atoms with E-state index in [2.05, 4.69) is 23.5 Å². The second-order valence-electron chi connectivity index (χ2n) is 7.58. The first-order valence-electron chi connectivity index (χ1n) is 9.31. The first kappa shape index (κ1) is 16.8. The van der Waals surface area contributed by atoms with Gasteiger partial charge in [-0.05, 0) is 79.6 Å². The third kappa shape index (κ3) is 3.24. The molecule has 1 aliphatic heterocycles. The van der Waals surface area contributed by atoms with Crippen LogP contribution >= 0.6 is 0 Å². The molecule has 1 aliphatic carbocycles. The number of fused-ring (bicyclic) bond motifs is 1. The van der Waals surface area contributed by atoms with E-state index in [1.807, 2.05) is 32.0 Å². The maximum Gasteiger partial charge on any atom is 0.229 e. The zero-order valence-corrected chi connectivity index (χ0v) is 15.3. The predicted molar refractivity (Wildman–Crippen MR) is 103 cm³/mol. The predicted octanol–water partition coefficient (Wildman–Crippen LogP) is 3.78. The minimum atomic E-state index is -0.309. The number of aryl methyl sites for hydroxylation is 4. The van der Waals surface area contributed by atoms with E-state index in [0.29, 0.717) is 6.54 Å². The summed E-state index contributed by atoms with van der Waals surface area (Å²) in [5.41, 5.74) is 6.70. The Balaban J connectivity index is 1.47. The van der Waals surface area contributed by atoms with Crippen LogP contribution in [0.4, 0.5) is 11.4 Å². The summed E-state index contributed by atoms with van der Waals surface area (Å²) in [4.78, 5) is 26.9. The largest absolute Gasteiger partial charge is 0.326 e. The molecule has 2 aromatic carbocycles. The van der Waals surface area contributed by atoms with E-state index in [4.69, 9.17) is 0 Å². The standard InChI is InChI=1S/C22H24N2O2/c1-14-8-15(2)10-20(9-14)24-13-18(12-21(24)25)22(26)23-19-7-6-16-4-3-5-17(16)11-19/h6-11,18H,3-5,12-13H2,1-2H3,(H,23,26). The van der Waals surface area contributed by atoms with Crippen LogP contribution in [0.2, 0.25) is 0 Å². The number of nitrogens with one attached hydrogen (secondary N) is 1. The summed E-state index contributed by atoms with van der Waals surface area (Å²) in [5, 5.41) is 3.01. The molecule has 4 heteroatoms. The Morgan fingerprint density at radius 2 is 1.77 bits per heavy atom. The first-order valence-corrected chi connectivity index (χ1v) is 9.31. The number of amides is 2. The van der Waals surface area contributed by atoms with Gasteiger partial charge in [-0.25, -0.2) is 0 Å². The van der Waals surface area contributed by atoms with Crippen molar-refractivity contribution >= 4 is 23.2 Å². The van der Waals surface area contributed by atoms with Gasteiger partial charge < -0.3 is 10.2 Å². The van der Waals surface area contributed by atoms with E-state index in [1.54, 1.807) is 4.90 Å². The summed E-state index contributed by atoms with van der Waals surface area (Å²) in [5.74, 6) is -0.358. The molecule has 134 valence electrons. The molecule has 0 radical (unpaired) electrons. The Bertz CT molecular complexity index is 867. The topological polar surface area (TPSA) is 49.4 Å². The molecule has 0 spiro atoms. The number of carbonyl (C=O) groups is 2. The molecule has 2 aliphatic rings. The highest BCUT2D eigenvalue weighted by atomic mass is 16.2. The van der Waals surface area contributed by atoms with Crippen molar-refractivity contribution in [3.63, 3.8) is 0 Å². The van der Waals surface area contributed by atoms with Crippen molar-refractivity contribution in [3.05, 3.63) is 58.7 Å². The van der Waals surface area contributed by atoms with E-state index >= 15 is 0 Å². The fourth-order valence-corrected chi connectivity index (χ4v) is 4.13. The van der Waals surface area contributed by atoms with Gasteiger partial charge in [-0.2, -0.15) is 0 Å². The monoisotopic (exact) mass is 348 g/mol. The molecule has 26 heavy (non-hydrogen) atoms. The lowest BCUT2D eigenvalue weighted by Crippen LogP contribution is -2.28. The summed E-state index contributed by atoms with van der Waals surface area (Å²) in [6.45, 7) is 4.49. The molecule has 1 heterocycles. The van der Waals surface area contributed by atoms with Crippen molar-refractivity contribution in [2.24, 2.45) is 5.92 Å². The zero-order chi connectivity index (χ0) is 18.3. The lowest BCUT2D eigenvalue weighted by atomic mass is 10.1. The Morgan fingerprint density at radius 3 is 2.54 bits per heavy atom. The summed E-state index contributed by atoms with van der Waals surface area (Å²) in [6, 6.07) is 12.3. The maximum atomic E-state index is 12.7. The highest BCUT2D eigenvalue weighted by Crippen LogP contribution is 2.29. The minimum absolute atomic E-state index is 0.0177. The number of hydrogen-bond donors (Lipinski definition) is 1. The van der Waals surface area contributed by atoms with Crippen LogP contribution in [0, 0.1) is 19.8 Å². The molecule has 1 N–H and O–H groups in total. The molecular weight excluding hydrogens is 324 g/mol. The average Bonchev–Trinajstić information content (AvgIpc) is 3.19. The van der Waals surface area contributed by atoms with Gasteiger partial charge in [-0.3, -0.25) is 9.59 Å². The molecular formula is C22H24N2O2. The number of carbonyl (C=O) groups excluding carboxylic acids is 2. The van der Waals surface area contributed by atoms with Crippen LogP contribution in [0.15, 0.2) is 36.4 Å². The lowest BCUT2D eigenvalue weighted by molar-refractivity contribution is -0.122. The molecule has 4 rings (SSSR count). The molecule has 1 fully saturated rings. The molecule has 0 saturated carbocycles. The summed E-state index contributed by atoms with van der Waals surface area (Å²) >= 11 is 0. The van der Waals surface area contributed by atoms with Crippen molar-refractivity contribution < 1.29 is 9.59 Å². The van der Waals surface area contributed by atoms with Crippen molar-refractivity contribution in [2.75, 3.05) is 16.8 Å². The Morgan fingerprint density at radius 1 is 1.04 bits per heavy atom. The van der Waals surface area contributed by atoms with Crippen molar-refractivity contribution in [3.8, 4) is 0 Å². The Hall–Kier alpha value is -2.62. The summed E-state index contributed by atoms with van der Waals surface area (Å²) in [7, 11) is 0. The average molecular weight is 348 g/mol. The third-order valence-electron chi connectivity index (χ3n) is 5.38. The van der Waals surface area contributed by atoms with Gasteiger partial charge in [-0.15, -0.1) is 0 Å². The fraction of sp³-hybridized carbons (Fsp3) is 0.364. The smallest absolute Gasteiger partial charge is 0.229 e. The highest BCUT2D eigenvalue weighted by Gasteiger charge is 2.35. The molecule has 1 saturated heterocycles. The van der Waals surface area contributed by atoms with Crippen LogP contribution < -0.4 is 10.2 Å². The van der Waals surface area contributed by atoms with E-state index < -0.39 is 0 Å². The van der Waals surface area contributed by atoms with Gasteiger partial charge in [0.1, 0.15) is 0 Å².